The number of carboxylic acids is 1. The van der Waals surface area contributed by atoms with Crippen LogP contribution in [0.4, 0.5) is 0 Å². The Morgan fingerprint density at radius 3 is 2.50 bits per heavy atom. The predicted molar refractivity (Wildman–Crippen MR) is 125 cm³/mol. The summed E-state index contributed by atoms with van der Waals surface area (Å²) in [6, 6.07) is 20.5. The fourth-order valence-corrected chi connectivity index (χ4v) is 4.35. The van der Waals surface area contributed by atoms with Gasteiger partial charge >= 0.3 is 5.97 Å². The van der Waals surface area contributed by atoms with Crippen LogP contribution in [-0.2, 0) is 11.3 Å². The number of imidazole rings is 1. The average molecular weight is 428 g/mol. The topological polar surface area (TPSA) is 78.4 Å². The zero-order chi connectivity index (χ0) is 22.1. The minimum atomic E-state index is -0.975. The van der Waals surface area contributed by atoms with Crippen molar-refractivity contribution in [3.05, 3.63) is 77.6 Å². The van der Waals surface area contributed by atoms with Crippen molar-refractivity contribution in [2.24, 2.45) is 0 Å². The Labute approximate surface area is 186 Å². The lowest BCUT2D eigenvalue weighted by molar-refractivity contribution is 0.0342. The fourth-order valence-electron chi connectivity index (χ4n) is 4.35. The molecule has 4 aromatic rings. The van der Waals surface area contributed by atoms with Crippen molar-refractivity contribution in [3.8, 4) is 22.3 Å². The number of aryl methyl sites for hydroxylation is 1. The highest BCUT2D eigenvalue weighted by Gasteiger charge is 2.16. The van der Waals surface area contributed by atoms with Crippen molar-refractivity contribution in [3.63, 3.8) is 0 Å². The minimum absolute atomic E-state index is 0.210. The maximum Gasteiger partial charge on any atom is 0.337 e. The summed E-state index contributed by atoms with van der Waals surface area (Å²) >= 11 is 0. The van der Waals surface area contributed by atoms with E-state index < -0.39 is 5.97 Å². The van der Waals surface area contributed by atoms with Gasteiger partial charge in [0.1, 0.15) is 11.3 Å². The van der Waals surface area contributed by atoms with Crippen LogP contribution in [0.1, 0.15) is 21.7 Å². The van der Waals surface area contributed by atoms with Crippen LogP contribution >= 0.6 is 0 Å². The third-order valence-corrected chi connectivity index (χ3v) is 5.98. The molecule has 0 radical (unpaired) electrons. The Morgan fingerprint density at radius 1 is 1.03 bits per heavy atom. The molecule has 6 heteroatoms. The molecular weight excluding hydrogens is 402 g/mol. The quantitative estimate of drug-likeness (QED) is 0.481. The number of nitrogens with one attached hydrogen (secondary N) is 1. The van der Waals surface area contributed by atoms with Crippen LogP contribution in [0.25, 0.3) is 33.3 Å². The number of benzene rings is 3. The number of hydrogen-bond acceptors (Lipinski definition) is 4. The second-order valence-corrected chi connectivity index (χ2v) is 8.17. The molecule has 1 aromatic heterocycles. The van der Waals surface area contributed by atoms with Gasteiger partial charge in [-0.05, 0) is 46.9 Å². The zero-order valence-corrected chi connectivity index (χ0v) is 18.0. The van der Waals surface area contributed by atoms with Gasteiger partial charge < -0.3 is 14.8 Å². The van der Waals surface area contributed by atoms with E-state index in [0.717, 1.165) is 55.1 Å². The first-order valence-electron chi connectivity index (χ1n) is 10.8. The molecule has 0 saturated carbocycles. The van der Waals surface area contributed by atoms with E-state index in [-0.39, 0.29) is 5.56 Å². The van der Waals surface area contributed by atoms with Gasteiger partial charge in [0, 0.05) is 19.6 Å². The number of morpholine rings is 1. The summed E-state index contributed by atoms with van der Waals surface area (Å²) in [7, 11) is 0. The number of aromatic nitrogens is 2. The Kier molecular flexibility index (Phi) is 5.47. The first kappa shape index (κ1) is 20.4. The number of hydrogen-bond donors (Lipinski definition) is 2. The second-order valence-electron chi connectivity index (χ2n) is 8.17. The normalized spacial score (nSPS) is 14.7. The van der Waals surface area contributed by atoms with E-state index in [1.54, 1.807) is 6.07 Å². The monoisotopic (exact) mass is 427 g/mol. The molecule has 2 heterocycles. The third kappa shape index (κ3) is 4.02. The smallest absolute Gasteiger partial charge is 0.337 e. The van der Waals surface area contributed by atoms with Crippen molar-refractivity contribution in [2.75, 3.05) is 26.3 Å². The molecule has 0 aliphatic carbocycles. The van der Waals surface area contributed by atoms with E-state index in [4.69, 9.17) is 4.74 Å². The van der Waals surface area contributed by atoms with Gasteiger partial charge in [-0.15, -0.1) is 0 Å². The van der Waals surface area contributed by atoms with Crippen LogP contribution in [0.15, 0.2) is 60.7 Å². The molecular formula is C26H25N3O3. The molecule has 5 rings (SSSR count). The van der Waals surface area contributed by atoms with Crippen molar-refractivity contribution in [1.82, 2.24) is 14.9 Å². The highest BCUT2D eigenvalue weighted by atomic mass is 16.5. The number of H-pyrrole nitrogens is 1. The summed E-state index contributed by atoms with van der Waals surface area (Å²) in [5, 5.41) is 9.66. The van der Waals surface area contributed by atoms with E-state index in [9.17, 15) is 9.90 Å². The van der Waals surface area contributed by atoms with Gasteiger partial charge in [-0.3, -0.25) is 4.90 Å². The maximum absolute atomic E-state index is 11.8. The number of carboxylic acid groups (broad SMARTS) is 1. The molecule has 6 nitrogen and oxygen atoms in total. The third-order valence-electron chi connectivity index (χ3n) is 5.98. The summed E-state index contributed by atoms with van der Waals surface area (Å²) in [4.78, 5) is 21.7. The molecule has 162 valence electrons. The van der Waals surface area contributed by atoms with E-state index in [2.05, 4.69) is 63.4 Å². The SMILES string of the molecule is Cc1nc2c(C(=O)O)cc(-c3ccc(-c4ccccc4CN4CCOCC4)cc3)cc2[nH]1. The van der Waals surface area contributed by atoms with Crippen molar-refractivity contribution < 1.29 is 14.6 Å². The average Bonchev–Trinajstić information content (AvgIpc) is 3.19. The van der Waals surface area contributed by atoms with Crippen molar-refractivity contribution in [1.29, 1.82) is 0 Å². The van der Waals surface area contributed by atoms with Gasteiger partial charge in [-0.25, -0.2) is 9.78 Å². The zero-order valence-electron chi connectivity index (χ0n) is 18.0. The van der Waals surface area contributed by atoms with Crippen molar-refractivity contribution >= 4 is 17.0 Å². The van der Waals surface area contributed by atoms with Crippen LogP contribution in [0.5, 0.6) is 0 Å². The highest BCUT2D eigenvalue weighted by molar-refractivity contribution is 6.03. The van der Waals surface area contributed by atoms with E-state index in [1.165, 1.54) is 11.1 Å². The van der Waals surface area contributed by atoms with Gasteiger partial charge in [-0.1, -0.05) is 48.5 Å². The summed E-state index contributed by atoms with van der Waals surface area (Å²) < 4.78 is 5.47. The van der Waals surface area contributed by atoms with E-state index in [1.807, 2.05) is 13.0 Å². The van der Waals surface area contributed by atoms with Gasteiger partial charge in [0.15, 0.2) is 0 Å². The lowest BCUT2D eigenvalue weighted by Gasteiger charge is -2.27. The second kappa shape index (κ2) is 8.57. The summed E-state index contributed by atoms with van der Waals surface area (Å²) in [5.74, 6) is -0.274. The van der Waals surface area contributed by atoms with Gasteiger partial charge in [0.05, 0.1) is 24.3 Å². The number of aromatic carboxylic acids is 1. The Balaban J connectivity index is 1.47. The number of aromatic amines is 1. The molecule has 3 aromatic carbocycles. The molecule has 0 bridgehead atoms. The summed E-state index contributed by atoms with van der Waals surface area (Å²) in [6.45, 7) is 6.21. The fraction of sp³-hybridized carbons (Fsp3) is 0.231. The Morgan fingerprint density at radius 2 is 1.75 bits per heavy atom. The van der Waals surface area contributed by atoms with Gasteiger partial charge in [0.2, 0.25) is 0 Å². The number of fused-ring (bicyclic) bond motifs is 1. The molecule has 1 saturated heterocycles. The predicted octanol–water partition coefficient (Wildman–Crippen LogP) is 4.74. The molecule has 1 aliphatic rings. The molecule has 0 unspecified atom stereocenters. The lowest BCUT2D eigenvalue weighted by atomic mass is 9.96. The highest BCUT2D eigenvalue weighted by Crippen LogP contribution is 2.30. The molecule has 0 spiro atoms. The standard InChI is InChI=1S/C26H25N3O3/c1-17-27-24-15-21(14-23(26(30)31)25(24)28-17)18-6-8-19(9-7-18)22-5-3-2-4-20(22)16-29-10-12-32-13-11-29/h2-9,14-15H,10-13,16H2,1H3,(H,27,28)(H,30,31). The number of rotatable bonds is 5. The molecule has 0 amide bonds. The summed E-state index contributed by atoms with van der Waals surface area (Å²) in [6.07, 6.45) is 0. The molecule has 1 fully saturated rings. The van der Waals surface area contributed by atoms with Crippen LogP contribution in [0, 0.1) is 6.92 Å². The number of nitrogens with zero attached hydrogens (tertiary/aromatic N) is 2. The van der Waals surface area contributed by atoms with E-state index in [0.29, 0.717) is 11.3 Å². The first-order chi connectivity index (χ1) is 15.6. The van der Waals surface area contributed by atoms with Crippen LogP contribution < -0.4 is 0 Å². The van der Waals surface area contributed by atoms with Crippen LogP contribution in [0.2, 0.25) is 0 Å². The largest absolute Gasteiger partial charge is 0.478 e. The maximum atomic E-state index is 11.8. The van der Waals surface area contributed by atoms with E-state index >= 15 is 0 Å². The molecule has 0 atom stereocenters. The molecule has 32 heavy (non-hydrogen) atoms. The Bertz CT molecular complexity index is 1270. The molecule has 1 aliphatic heterocycles. The number of carbonyl (C=O) groups is 1. The van der Waals surface area contributed by atoms with Gasteiger partial charge in [-0.2, -0.15) is 0 Å². The summed E-state index contributed by atoms with van der Waals surface area (Å²) in [5.41, 5.74) is 6.92. The Hall–Kier alpha value is -3.48. The molecule has 2 N–H and O–H groups in total. The minimum Gasteiger partial charge on any atom is -0.478 e. The van der Waals surface area contributed by atoms with Crippen molar-refractivity contribution in [2.45, 2.75) is 13.5 Å². The number of ether oxygens (including phenoxy) is 1. The van der Waals surface area contributed by atoms with Crippen LogP contribution in [-0.4, -0.2) is 52.2 Å². The van der Waals surface area contributed by atoms with Gasteiger partial charge in [0.25, 0.3) is 0 Å². The first-order valence-corrected chi connectivity index (χ1v) is 10.8. The van der Waals surface area contributed by atoms with Crippen LogP contribution in [0.3, 0.4) is 0 Å². The lowest BCUT2D eigenvalue weighted by Crippen LogP contribution is -2.35.